The summed E-state index contributed by atoms with van der Waals surface area (Å²) in [6, 6.07) is 2.10. The highest BCUT2D eigenvalue weighted by molar-refractivity contribution is 9.10. The Labute approximate surface area is 141 Å². The molecule has 3 nitrogen and oxygen atoms in total. The molecule has 0 spiro atoms. The Hall–Kier alpha value is -0.370. The molecule has 1 unspecified atom stereocenters. The molecule has 0 aliphatic rings. The summed E-state index contributed by atoms with van der Waals surface area (Å²) in [6.45, 7) is 8.57. The van der Waals surface area contributed by atoms with E-state index in [0.717, 1.165) is 6.07 Å². The number of halogens is 3. The summed E-state index contributed by atoms with van der Waals surface area (Å²) in [7, 11) is -1.48. The molecular weight excluding hydrogens is 376 g/mol. The Morgan fingerprint density at radius 3 is 2.27 bits per heavy atom. The number of hydrogen-bond acceptors (Lipinski definition) is 2. The van der Waals surface area contributed by atoms with Gasteiger partial charge in [0, 0.05) is 11.6 Å². The number of benzene rings is 1. The van der Waals surface area contributed by atoms with E-state index in [2.05, 4.69) is 20.7 Å². The van der Waals surface area contributed by atoms with Gasteiger partial charge in [-0.2, -0.15) is 0 Å². The highest BCUT2D eigenvalue weighted by Crippen LogP contribution is 2.33. The molecule has 7 heteroatoms. The Kier molecular flexibility index (Phi) is 6.29. The zero-order valence-electron chi connectivity index (χ0n) is 13.3. The van der Waals surface area contributed by atoms with E-state index in [9.17, 15) is 18.1 Å². The summed E-state index contributed by atoms with van der Waals surface area (Å²) in [4.78, 5) is 0. The molecule has 1 aromatic rings. The monoisotopic (exact) mass is 397 g/mol. The van der Waals surface area contributed by atoms with Crippen LogP contribution in [0.15, 0.2) is 16.6 Å². The SMILES string of the molecule is CC(O)C[C@](C)(N[S@](=O)C(C)(C)C)c1cc(Br)c(F)cc1F. The first kappa shape index (κ1) is 19.7. The quantitative estimate of drug-likeness (QED) is 0.742. The van der Waals surface area contributed by atoms with Crippen molar-refractivity contribution in [3.63, 3.8) is 0 Å². The summed E-state index contributed by atoms with van der Waals surface area (Å²) in [5.41, 5.74) is -0.952. The maximum Gasteiger partial charge on any atom is 0.140 e. The van der Waals surface area contributed by atoms with Crippen molar-refractivity contribution >= 4 is 26.9 Å². The van der Waals surface area contributed by atoms with Crippen molar-refractivity contribution in [1.29, 1.82) is 0 Å². The molecule has 0 fully saturated rings. The van der Waals surface area contributed by atoms with Crippen LogP contribution in [0.2, 0.25) is 0 Å². The van der Waals surface area contributed by atoms with E-state index in [1.807, 2.05) is 0 Å². The van der Waals surface area contributed by atoms with E-state index in [-0.39, 0.29) is 16.5 Å². The van der Waals surface area contributed by atoms with E-state index in [4.69, 9.17) is 0 Å². The lowest BCUT2D eigenvalue weighted by Gasteiger charge is -2.35. The van der Waals surface area contributed by atoms with Crippen LogP contribution >= 0.6 is 15.9 Å². The van der Waals surface area contributed by atoms with Crippen LogP contribution in [-0.4, -0.2) is 20.2 Å². The number of aliphatic hydroxyl groups is 1. The van der Waals surface area contributed by atoms with Gasteiger partial charge in [-0.3, -0.25) is 0 Å². The summed E-state index contributed by atoms with van der Waals surface area (Å²) in [5.74, 6) is -1.46. The molecule has 0 radical (unpaired) electrons. The Morgan fingerprint density at radius 1 is 1.27 bits per heavy atom. The Bertz CT molecular complexity index is 575. The molecule has 3 atom stereocenters. The van der Waals surface area contributed by atoms with E-state index >= 15 is 0 Å². The van der Waals surface area contributed by atoms with Crippen LogP contribution in [-0.2, 0) is 16.5 Å². The molecule has 22 heavy (non-hydrogen) atoms. The largest absolute Gasteiger partial charge is 0.393 e. The molecule has 2 N–H and O–H groups in total. The molecule has 0 aliphatic carbocycles. The summed E-state index contributed by atoms with van der Waals surface area (Å²) in [6.07, 6.45) is -0.623. The minimum absolute atomic E-state index is 0.115. The zero-order chi connectivity index (χ0) is 17.3. The van der Waals surface area contributed by atoms with Gasteiger partial charge in [0.2, 0.25) is 0 Å². The van der Waals surface area contributed by atoms with Gasteiger partial charge in [0.25, 0.3) is 0 Å². The lowest BCUT2D eigenvalue weighted by molar-refractivity contribution is 0.146. The van der Waals surface area contributed by atoms with E-state index in [1.54, 1.807) is 34.6 Å². The van der Waals surface area contributed by atoms with Gasteiger partial charge in [-0.05, 0) is 63.0 Å². The van der Waals surface area contributed by atoms with Crippen molar-refractivity contribution in [2.24, 2.45) is 0 Å². The van der Waals surface area contributed by atoms with E-state index < -0.39 is 39.0 Å². The summed E-state index contributed by atoms with van der Waals surface area (Å²) >= 11 is 3.04. The maximum absolute atomic E-state index is 14.2. The number of aliphatic hydroxyl groups excluding tert-OH is 1. The second-order valence-electron chi connectivity index (χ2n) is 6.61. The van der Waals surface area contributed by atoms with Crippen LogP contribution in [0, 0.1) is 11.6 Å². The number of rotatable bonds is 5. The average Bonchev–Trinajstić information content (AvgIpc) is 2.31. The first-order valence-corrected chi connectivity index (χ1v) is 8.84. The molecule has 0 aliphatic heterocycles. The maximum atomic E-state index is 14.2. The van der Waals surface area contributed by atoms with Crippen molar-refractivity contribution in [3.8, 4) is 0 Å². The minimum atomic E-state index is -1.48. The highest BCUT2D eigenvalue weighted by atomic mass is 79.9. The minimum Gasteiger partial charge on any atom is -0.393 e. The molecule has 0 bridgehead atoms. The Balaban J connectivity index is 3.34. The van der Waals surface area contributed by atoms with Gasteiger partial charge in [0.1, 0.15) is 11.6 Å². The molecule has 126 valence electrons. The zero-order valence-corrected chi connectivity index (χ0v) is 15.7. The van der Waals surface area contributed by atoms with Crippen LogP contribution in [0.3, 0.4) is 0 Å². The number of hydrogen-bond donors (Lipinski definition) is 2. The molecule has 0 heterocycles. The van der Waals surface area contributed by atoms with Gasteiger partial charge < -0.3 is 5.11 Å². The van der Waals surface area contributed by atoms with Gasteiger partial charge in [-0.15, -0.1) is 0 Å². The van der Waals surface area contributed by atoms with Crippen LogP contribution in [0.1, 0.15) is 46.6 Å². The Morgan fingerprint density at radius 2 is 1.82 bits per heavy atom. The molecular formula is C15H22BrF2NO2S. The van der Waals surface area contributed by atoms with Gasteiger partial charge in [-0.25, -0.2) is 17.7 Å². The van der Waals surface area contributed by atoms with E-state index in [0.29, 0.717) is 0 Å². The molecule has 0 amide bonds. The lowest BCUT2D eigenvalue weighted by atomic mass is 9.87. The topological polar surface area (TPSA) is 49.3 Å². The van der Waals surface area contributed by atoms with Crippen LogP contribution in [0.5, 0.6) is 0 Å². The fraction of sp³-hybridized carbons (Fsp3) is 0.600. The van der Waals surface area contributed by atoms with Gasteiger partial charge in [-0.1, -0.05) is 0 Å². The van der Waals surface area contributed by atoms with Crippen LogP contribution in [0.4, 0.5) is 8.78 Å². The van der Waals surface area contributed by atoms with Gasteiger partial charge in [0.05, 0.1) is 31.8 Å². The average molecular weight is 398 g/mol. The fourth-order valence-corrected chi connectivity index (χ4v) is 3.35. The van der Waals surface area contributed by atoms with Crippen LogP contribution in [0.25, 0.3) is 0 Å². The molecule has 0 saturated carbocycles. The van der Waals surface area contributed by atoms with Crippen molar-refractivity contribution < 1.29 is 18.1 Å². The predicted molar refractivity (Wildman–Crippen MR) is 88.7 cm³/mol. The van der Waals surface area contributed by atoms with Crippen molar-refractivity contribution in [2.45, 2.75) is 57.4 Å². The van der Waals surface area contributed by atoms with Crippen molar-refractivity contribution in [3.05, 3.63) is 33.8 Å². The summed E-state index contributed by atoms with van der Waals surface area (Å²) in [5, 5.41) is 9.73. The standard InChI is InChI=1S/C15H22BrF2NO2S/c1-9(20)8-15(5,19-22(21)14(2,3)4)10-6-11(16)13(18)7-12(10)17/h6-7,9,19-20H,8H2,1-5H3/t9?,15-,22+/m0/s1. The third-order valence-electron chi connectivity index (χ3n) is 3.18. The smallest absolute Gasteiger partial charge is 0.140 e. The second kappa shape index (κ2) is 7.03. The van der Waals surface area contributed by atoms with Crippen molar-refractivity contribution in [2.75, 3.05) is 0 Å². The lowest BCUT2D eigenvalue weighted by Crippen LogP contribution is -2.48. The molecule has 1 aromatic carbocycles. The first-order valence-electron chi connectivity index (χ1n) is 6.89. The second-order valence-corrected chi connectivity index (χ2v) is 9.44. The normalized spacial score (nSPS) is 17.9. The number of nitrogens with one attached hydrogen (secondary N) is 1. The van der Waals surface area contributed by atoms with Crippen molar-refractivity contribution in [1.82, 2.24) is 4.72 Å². The fourth-order valence-electron chi connectivity index (χ4n) is 2.10. The first-order chi connectivity index (χ1) is 9.86. The highest BCUT2D eigenvalue weighted by Gasteiger charge is 2.36. The van der Waals surface area contributed by atoms with Crippen LogP contribution < -0.4 is 4.72 Å². The molecule has 0 saturated heterocycles. The third-order valence-corrected chi connectivity index (χ3v) is 5.54. The van der Waals surface area contributed by atoms with Gasteiger partial charge in [0.15, 0.2) is 0 Å². The van der Waals surface area contributed by atoms with Gasteiger partial charge >= 0.3 is 0 Å². The molecule has 1 rings (SSSR count). The molecule has 0 aromatic heterocycles. The predicted octanol–water partition coefficient (Wildman–Crippen LogP) is 3.77. The summed E-state index contributed by atoms with van der Waals surface area (Å²) < 4.78 is 42.5. The third kappa shape index (κ3) is 4.81. The van der Waals surface area contributed by atoms with E-state index in [1.165, 1.54) is 6.07 Å².